The fourth-order valence-corrected chi connectivity index (χ4v) is 5.22. The van der Waals surface area contributed by atoms with Crippen LogP contribution in [-0.4, -0.2) is 49.6 Å². The zero-order chi connectivity index (χ0) is 22.3. The Morgan fingerprint density at radius 3 is 2.47 bits per heavy atom. The first-order valence-corrected chi connectivity index (χ1v) is 12.6. The van der Waals surface area contributed by atoms with Crippen molar-refractivity contribution in [3.63, 3.8) is 0 Å². The van der Waals surface area contributed by atoms with E-state index >= 15 is 0 Å². The molecule has 10 heteroatoms. The zero-order valence-corrected chi connectivity index (χ0v) is 19.5. The summed E-state index contributed by atoms with van der Waals surface area (Å²) in [7, 11) is -3.51. The number of carbonyl (C=O) groups excluding carboxylic acids is 2. The number of hydrogen-bond donors (Lipinski definition) is 3. The minimum atomic E-state index is -3.51. The predicted molar refractivity (Wildman–Crippen MR) is 118 cm³/mol. The van der Waals surface area contributed by atoms with E-state index < -0.39 is 27.5 Å². The van der Waals surface area contributed by atoms with Crippen molar-refractivity contribution in [2.75, 3.05) is 12.8 Å². The molecular weight excluding hydrogens is 424 g/mol. The Balaban J connectivity index is 1.65. The number of hydrogen-bond acceptors (Lipinski definition) is 6. The highest BCUT2D eigenvalue weighted by molar-refractivity contribution is 7.88. The van der Waals surface area contributed by atoms with E-state index in [9.17, 15) is 18.0 Å². The van der Waals surface area contributed by atoms with Gasteiger partial charge in [-0.2, -0.15) is 0 Å². The number of pyridine rings is 1. The number of aryl methyl sites for hydroxylation is 2. The van der Waals surface area contributed by atoms with Crippen LogP contribution in [0, 0.1) is 19.8 Å². The van der Waals surface area contributed by atoms with Gasteiger partial charge < -0.3 is 10.6 Å². The van der Waals surface area contributed by atoms with E-state index in [4.69, 9.17) is 0 Å². The number of rotatable bonds is 8. The maximum atomic E-state index is 12.8. The lowest BCUT2D eigenvalue weighted by molar-refractivity contribution is -0.123. The van der Waals surface area contributed by atoms with E-state index in [1.54, 1.807) is 13.8 Å². The number of nitrogens with one attached hydrogen (secondary N) is 3. The molecule has 1 unspecified atom stereocenters. The number of aromatic nitrogens is 1. The molecule has 1 aliphatic carbocycles. The Kier molecular flexibility index (Phi) is 6.22. The van der Waals surface area contributed by atoms with E-state index in [1.165, 1.54) is 11.3 Å². The molecule has 164 valence electrons. The van der Waals surface area contributed by atoms with E-state index in [2.05, 4.69) is 20.3 Å². The number of nitrogens with zero attached hydrogens (tertiary/aromatic N) is 1. The maximum Gasteiger partial charge on any atom is 0.261 e. The Morgan fingerprint density at radius 2 is 1.90 bits per heavy atom. The molecule has 3 N–H and O–H groups in total. The Hall–Kier alpha value is -2.04. The summed E-state index contributed by atoms with van der Waals surface area (Å²) in [4.78, 5) is 31.3. The molecule has 1 fully saturated rings. The fraction of sp³-hybridized carbons (Fsp3) is 0.550. The zero-order valence-electron chi connectivity index (χ0n) is 17.8. The second-order valence-corrected chi connectivity index (χ2v) is 11.3. The quantitative estimate of drug-likeness (QED) is 0.565. The third-order valence-corrected chi connectivity index (χ3v) is 6.90. The largest absolute Gasteiger partial charge is 0.352 e. The van der Waals surface area contributed by atoms with Gasteiger partial charge in [-0.15, -0.1) is 11.3 Å². The Bertz CT molecular complexity index is 1090. The van der Waals surface area contributed by atoms with Gasteiger partial charge in [0.1, 0.15) is 10.9 Å². The van der Waals surface area contributed by atoms with Crippen LogP contribution in [0.5, 0.6) is 0 Å². The summed E-state index contributed by atoms with van der Waals surface area (Å²) in [6.45, 7) is 7.73. The number of thiophene rings is 1. The summed E-state index contributed by atoms with van der Waals surface area (Å²) in [5.41, 5.74) is 1.50. The highest BCUT2D eigenvalue weighted by Crippen LogP contribution is 2.36. The molecule has 2 aromatic rings. The van der Waals surface area contributed by atoms with Crippen LogP contribution < -0.4 is 15.4 Å². The van der Waals surface area contributed by atoms with Gasteiger partial charge in [0, 0.05) is 17.6 Å². The molecule has 3 rings (SSSR count). The smallest absolute Gasteiger partial charge is 0.261 e. The topological polar surface area (TPSA) is 117 Å². The van der Waals surface area contributed by atoms with Crippen LogP contribution in [0.1, 0.15) is 47.6 Å². The van der Waals surface area contributed by atoms with Crippen molar-refractivity contribution >= 4 is 43.4 Å². The van der Waals surface area contributed by atoms with E-state index in [-0.39, 0.29) is 18.4 Å². The van der Waals surface area contributed by atoms with Gasteiger partial charge in [0.15, 0.2) is 0 Å². The molecule has 0 bridgehead atoms. The van der Waals surface area contributed by atoms with Gasteiger partial charge in [0.25, 0.3) is 5.91 Å². The predicted octanol–water partition coefficient (Wildman–Crippen LogP) is 1.87. The van der Waals surface area contributed by atoms with E-state index in [0.717, 1.165) is 40.6 Å². The fourth-order valence-electron chi connectivity index (χ4n) is 3.33. The summed E-state index contributed by atoms with van der Waals surface area (Å²) in [6.07, 6.45) is 2.54. The number of fused-ring (bicyclic) bond motifs is 1. The molecule has 1 saturated carbocycles. The summed E-state index contributed by atoms with van der Waals surface area (Å²) < 4.78 is 25.4. The first-order chi connectivity index (χ1) is 13.9. The van der Waals surface area contributed by atoms with Crippen LogP contribution in [0.3, 0.4) is 0 Å². The normalized spacial score (nSPS) is 16.5. The van der Waals surface area contributed by atoms with Gasteiger partial charge in [0.05, 0.1) is 16.7 Å². The lowest BCUT2D eigenvalue weighted by Crippen LogP contribution is -2.53. The van der Waals surface area contributed by atoms with Crippen molar-refractivity contribution in [3.8, 4) is 0 Å². The average molecular weight is 453 g/mol. The molecular formula is C20H28N4O4S2. The van der Waals surface area contributed by atoms with Crippen LogP contribution >= 0.6 is 11.3 Å². The number of carbonyl (C=O) groups is 2. The van der Waals surface area contributed by atoms with Crippen molar-refractivity contribution < 1.29 is 18.0 Å². The molecule has 8 nitrogen and oxygen atoms in total. The molecule has 2 heterocycles. The number of sulfonamides is 1. The minimum absolute atomic E-state index is 0.184. The van der Waals surface area contributed by atoms with Gasteiger partial charge in [-0.25, -0.2) is 18.1 Å². The van der Waals surface area contributed by atoms with Gasteiger partial charge >= 0.3 is 0 Å². The van der Waals surface area contributed by atoms with Crippen LogP contribution in [-0.2, 0) is 14.8 Å². The summed E-state index contributed by atoms with van der Waals surface area (Å²) >= 11 is 1.35. The van der Waals surface area contributed by atoms with Crippen molar-refractivity contribution in [1.29, 1.82) is 0 Å². The molecule has 1 aliphatic rings. The van der Waals surface area contributed by atoms with Crippen molar-refractivity contribution in [3.05, 3.63) is 28.3 Å². The monoisotopic (exact) mass is 452 g/mol. The third kappa shape index (κ3) is 5.35. The van der Waals surface area contributed by atoms with Crippen molar-refractivity contribution in [2.24, 2.45) is 5.92 Å². The molecule has 2 amide bonds. The van der Waals surface area contributed by atoms with Gasteiger partial charge in [-0.05, 0) is 50.3 Å². The van der Waals surface area contributed by atoms with E-state index in [1.807, 2.05) is 26.0 Å². The highest BCUT2D eigenvalue weighted by atomic mass is 32.2. The second kappa shape index (κ2) is 8.24. The SMILES string of the molecule is Cc1cc(C)c2cc(C(=O)NC3(CNC(=O)C(NS(C)(=O)=O)C(C)C)CC3)sc2n1. The Labute approximate surface area is 180 Å². The molecule has 0 spiro atoms. The molecule has 0 radical (unpaired) electrons. The van der Waals surface area contributed by atoms with E-state index in [0.29, 0.717) is 4.88 Å². The summed E-state index contributed by atoms with van der Waals surface area (Å²) in [6, 6.07) is 2.99. The Morgan fingerprint density at radius 1 is 1.23 bits per heavy atom. The van der Waals surface area contributed by atoms with Crippen LogP contribution in [0.25, 0.3) is 10.2 Å². The van der Waals surface area contributed by atoms with Gasteiger partial charge in [0.2, 0.25) is 15.9 Å². The second-order valence-electron chi connectivity index (χ2n) is 8.47. The standard InChI is InChI=1S/C20H28N4O4S2/c1-11(2)16(24-30(5,27)28)18(26)21-10-20(6-7-20)23-17(25)15-9-14-12(3)8-13(4)22-19(14)29-15/h8-9,11,16,24H,6-7,10H2,1-5H3,(H,21,26)(H,23,25). The van der Waals surface area contributed by atoms with Crippen LogP contribution in [0.4, 0.5) is 0 Å². The van der Waals surface area contributed by atoms with Gasteiger partial charge in [-0.1, -0.05) is 13.8 Å². The minimum Gasteiger partial charge on any atom is -0.352 e. The summed E-state index contributed by atoms with van der Waals surface area (Å²) in [5, 5.41) is 6.81. The lowest BCUT2D eigenvalue weighted by atomic mass is 10.0. The molecule has 30 heavy (non-hydrogen) atoms. The highest BCUT2D eigenvalue weighted by Gasteiger charge is 2.45. The first-order valence-electron chi connectivity index (χ1n) is 9.84. The van der Waals surface area contributed by atoms with Gasteiger partial charge in [-0.3, -0.25) is 9.59 Å². The van der Waals surface area contributed by atoms with Crippen LogP contribution in [0.2, 0.25) is 0 Å². The average Bonchev–Trinajstić information content (AvgIpc) is 3.23. The molecule has 0 saturated heterocycles. The number of amides is 2. The molecule has 1 atom stereocenters. The maximum absolute atomic E-state index is 12.8. The molecule has 2 aromatic heterocycles. The van der Waals surface area contributed by atoms with Crippen molar-refractivity contribution in [1.82, 2.24) is 20.3 Å². The lowest BCUT2D eigenvalue weighted by Gasteiger charge is -2.23. The first kappa shape index (κ1) is 22.6. The molecule has 0 aliphatic heterocycles. The van der Waals surface area contributed by atoms with Crippen molar-refractivity contribution in [2.45, 2.75) is 52.1 Å². The van der Waals surface area contributed by atoms with Crippen LogP contribution in [0.15, 0.2) is 12.1 Å². The molecule has 0 aromatic carbocycles. The third-order valence-electron chi connectivity index (χ3n) is 5.19. The summed E-state index contributed by atoms with van der Waals surface area (Å²) in [5.74, 6) is -0.785.